The smallest absolute Gasteiger partial charge is 0.247 e. The van der Waals surface area contributed by atoms with E-state index in [9.17, 15) is 9.90 Å². The van der Waals surface area contributed by atoms with Crippen molar-refractivity contribution in [3.63, 3.8) is 0 Å². The van der Waals surface area contributed by atoms with Crippen LogP contribution in [0.2, 0.25) is 0 Å². The van der Waals surface area contributed by atoms with Gasteiger partial charge < -0.3 is 10.0 Å². The van der Waals surface area contributed by atoms with Crippen molar-refractivity contribution in [1.29, 1.82) is 0 Å². The molecule has 23 heavy (non-hydrogen) atoms. The molecule has 2 rings (SSSR count). The van der Waals surface area contributed by atoms with Crippen LogP contribution in [0.25, 0.3) is 6.08 Å². The number of carbonyl (C=O) groups excluding carboxylic acids is 1. The average Bonchev–Trinajstić information content (AvgIpc) is 2.89. The number of hydrogen-bond donors (Lipinski definition) is 1. The number of amides is 1. The van der Waals surface area contributed by atoms with Gasteiger partial charge in [0.1, 0.15) is 0 Å². The van der Waals surface area contributed by atoms with Gasteiger partial charge in [0.2, 0.25) is 5.91 Å². The standard InChI is InChI=1S/C18H22N2O2S/c1-14-19-16(12-23-14)9-10-17(21)20(13-18(2,3)22)11-15-7-5-4-6-8-15/h4-10,12,22H,11,13H2,1-3H3/b10-9+. The van der Waals surface area contributed by atoms with Crippen molar-refractivity contribution in [2.75, 3.05) is 6.54 Å². The molecular weight excluding hydrogens is 308 g/mol. The number of aromatic nitrogens is 1. The number of aryl methyl sites for hydroxylation is 1. The van der Waals surface area contributed by atoms with Gasteiger partial charge in [-0.05, 0) is 32.4 Å². The minimum Gasteiger partial charge on any atom is -0.389 e. The lowest BCUT2D eigenvalue weighted by Crippen LogP contribution is -2.41. The van der Waals surface area contributed by atoms with E-state index in [1.165, 1.54) is 6.08 Å². The Kier molecular flexibility index (Phi) is 5.69. The zero-order chi connectivity index (χ0) is 16.9. The quantitative estimate of drug-likeness (QED) is 0.827. The van der Waals surface area contributed by atoms with Crippen molar-refractivity contribution >= 4 is 23.3 Å². The van der Waals surface area contributed by atoms with E-state index in [0.717, 1.165) is 16.3 Å². The van der Waals surface area contributed by atoms with E-state index in [2.05, 4.69) is 4.98 Å². The first-order valence-corrected chi connectivity index (χ1v) is 8.37. The van der Waals surface area contributed by atoms with Crippen molar-refractivity contribution in [2.24, 2.45) is 0 Å². The molecule has 122 valence electrons. The number of rotatable bonds is 6. The number of carbonyl (C=O) groups is 1. The van der Waals surface area contributed by atoms with Crippen molar-refractivity contribution in [2.45, 2.75) is 32.9 Å². The van der Waals surface area contributed by atoms with Gasteiger partial charge in [-0.15, -0.1) is 11.3 Å². The summed E-state index contributed by atoms with van der Waals surface area (Å²) in [6.45, 7) is 6.06. The molecule has 0 unspecified atom stereocenters. The van der Waals surface area contributed by atoms with Crippen LogP contribution in [0.15, 0.2) is 41.8 Å². The molecule has 5 heteroatoms. The summed E-state index contributed by atoms with van der Waals surface area (Å²) in [4.78, 5) is 18.5. The lowest BCUT2D eigenvalue weighted by atomic mass is 10.1. The molecule has 1 N–H and O–H groups in total. The molecule has 0 aliphatic carbocycles. The summed E-state index contributed by atoms with van der Waals surface area (Å²) in [5.74, 6) is -0.137. The van der Waals surface area contributed by atoms with Gasteiger partial charge in [0.25, 0.3) is 0 Å². The van der Waals surface area contributed by atoms with E-state index in [4.69, 9.17) is 0 Å². The first kappa shape index (κ1) is 17.4. The molecule has 1 aromatic carbocycles. The van der Waals surface area contributed by atoms with Gasteiger partial charge >= 0.3 is 0 Å². The maximum absolute atomic E-state index is 12.5. The van der Waals surface area contributed by atoms with Crippen LogP contribution < -0.4 is 0 Å². The van der Waals surface area contributed by atoms with Crippen LogP contribution in [-0.4, -0.2) is 33.0 Å². The highest BCUT2D eigenvalue weighted by Crippen LogP contribution is 2.13. The van der Waals surface area contributed by atoms with Gasteiger partial charge in [-0.3, -0.25) is 4.79 Å². The topological polar surface area (TPSA) is 53.4 Å². The Morgan fingerprint density at radius 2 is 2.04 bits per heavy atom. The lowest BCUT2D eigenvalue weighted by molar-refractivity contribution is -0.129. The predicted octanol–water partition coefficient (Wildman–Crippen LogP) is 3.26. The normalized spacial score (nSPS) is 11.8. The fourth-order valence-corrected chi connectivity index (χ4v) is 2.78. The third kappa shape index (κ3) is 5.96. The van der Waals surface area contributed by atoms with Crippen LogP contribution in [0, 0.1) is 6.92 Å². The fourth-order valence-electron chi connectivity index (χ4n) is 2.20. The van der Waals surface area contributed by atoms with Crippen LogP contribution in [0.5, 0.6) is 0 Å². The minimum atomic E-state index is -0.949. The molecule has 0 saturated carbocycles. The van der Waals surface area contributed by atoms with Gasteiger partial charge in [0, 0.05) is 24.5 Å². The van der Waals surface area contributed by atoms with Crippen molar-refractivity contribution in [1.82, 2.24) is 9.88 Å². The fraction of sp³-hybridized carbons (Fsp3) is 0.333. The molecule has 0 bridgehead atoms. The highest BCUT2D eigenvalue weighted by atomic mass is 32.1. The Balaban J connectivity index is 2.12. The Morgan fingerprint density at radius 1 is 1.35 bits per heavy atom. The highest BCUT2D eigenvalue weighted by Gasteiger charge is 2.21. The zero-order valence-electron chi connectivity index (χ0n) is 13.7. The summed E-state index contributed by atoms with van der Waals surface area (Å²) in [7, 11) is 0. The summed E-state index contributed by atoms with van der Waals surface area (Å²) in [5, 5.41) is 13.0. The van der Waals surface area contributed by atoms with Crippen LogP contribution in [-0.2, 0) is 11.3 Å². The van der Waals surface area contributed by atoms with Crippen molar-refractivity contribution in [3.05, 3.63) is 58.1 Å². The number of hydrogen-bond acceptors (Lipinski definition) is 4. The van der Waals surface area contributed by atoms with E-state index >= 15 is 0 Å². The molecule has 0 saturated heterocycles. The maximum Gasteiger partial charge on any atom is 0.247 e. The van der Waals surface area contributed by atoms with E-state index in [1.807, 2.05) is 42.6 Å². The number of thiazole rings is 1. The van der Waals surface area contributed by atoms with E-state index in [0.29, 0.717) is 6.54 Å². The Hall–Kier alpha value is -1.98. The molecule has 1 heterocycles. The number of benzene rings is 1. The zero-order valence-corrected chi connectivity index (χ0v) is 14.5. The third-order valence-electron chi connectivity index (χ3n) is 3.14. The van der Waals surface area contributed by atoms with Crippen LogP contribution in [0.1, 0.15) is 30.1 Å². The van der Waals surface area contributed by atoms with E-state index in [1.54, 1.807) is 36.2 Å². The third-order valence-corrected chi connectivity index (χ3v) is 3.93. The van der Waals surface area contributed by atoms with Crippen LogP contribution in [0.3, 0.4) is 0 Å². The second-order valence-corrected chi connectivity index (χ2v) is 7.18. The summed E-state index contributed by atoms with van der Waals surface area (Å²) < 4.78 is 0. The lowest BCUT2D eigenvalue weighted by Gasteiger charge is -2.28. The SMILES string of the molecule is Cc1nc(/C=C/C(=O)N(Cc2ccccc2)CC(C)(C)O)cs1. The van der Waals surface area contributed by atoms with Gasteiger partial charge in [0.15, 0.2) is 0 Å². The highest BCUT2D eigenvalue weighted by molar-refractivity contribution is 7.09. The maximum atomic E-state index is 12.5. The van der Waals surface area contributed by atoms with Crippen LogP contribution >= 0.6 is 11.3 Å². The molecule has 1 aromatic heterocycles. The molecule has 0 atom stereocenters. The van der Waals surface area contributed by atoms with Gasteiger partial charge in [-0.1, -0.05) is 30.3 Å². The summed E-state index contributed by atoms with van der Waals surface area (Å²) in [6.07, 6.45) is 3.23. The van der Waals surface area contributed by atoms with E-state index < -0.39 is 5.60 Å². The average molecular weight is 330 g/mol. The second-order valence-electron chi connectivity index (χ2n) is 6.12. The Morgan fingerprint density at radius 3 is 2.61 bits per heavy atom. The van der Waals surface area contributed by atoms with Gasteiger partial charge in [-0.25, -0.2) is 4.98 Å². The second kappa shape index (κ2) is 7.53. The predicted molar refractivity (Wildman–Crippen MR) is 94.0 cm³/mol. The molecule has 4 nitrogen and oxygen atoms in total. The summed E-state index contributed by atoms with van der Waals surface area (Å²) >= 11 is 1.55. The van der Waals surface area contributed by atoms with Crippen molar-refractivity contribution < 1.29 is 9.90 Å². The Bertz CT molecular complexity index is 672. The van der Waals surface area contributed by atoms with Gasteiger partial charge in [-0.2, -0.15) is 0 Å². The molecular formula is C18H22N2O2S. The molecule has 0 spiro atoms. The monoisotopic (exact) mass is 330 g/mol. The molecule has 0 radical (unpaired) electrons. The number of aliphatic hydroxyl groups is 1. The molecule has 0 aliphatic rings. The molecule has 0 aliphatic heterocycles. The number of nitrogens with zero attached hydrogens (tertiary/aromatic N) is 2. The van der Waals surface area contributed by atoms with E-state index in [-0.39, 0.29) is 12.5 Å². The Labute approximate surface area is 141 Å². The molecule has 2 aromatic rings. The molecule has 0 fully saturated rings. The van der Waals surface area contributed by atoms with Crippen LogP contribution in [0.4, 0.5) is 0 Å². The largest absolute Gasteiger partial charge is 0.389 e. The first-order valence-electron chi connectivity index (χ1n) is 7.49. The minimum absolute atomic E-state index is 0.137. The van der Waals surface area contributed by atoms with Gasteiger partial charge in [0.05, 0.1) is 16.3 Å². The first-order chi connectivity index (χ1) is 10.8. The van der Waals surface area contributed by atoms with Crippen molar-refractivity contribution in [3.8, 4) is 0 Å². The summed E-state index contributed by atoms with van der Waals surface area (Å²) in [5.41, 5.74) is 0.863. The summed E-state index contributed by atoms with van der Waals surface area (Å²) in [6, 6.07) is 9.76. The molecule has 1 amide bonds.